The molecule has 0 bridgehead atoms. The molecule has 26 heavy (non-hydrogen) atoms. The normalized spacial score (nSPS) is 19.2. The highest BCUT2D eigenvalue weighted by atomic mass is 32.1. The molecule has 0 N–H and O–H groups in total. The zero-order chi connectivity index (χ0) is 17.8. The second-order valence-corrected chi connectivity index (χ2v) is 6.93. The molecule has 2 aliphatic heterocycles. The van der Waals surface area contributed by atoms with Gasteiger partial charge in [-0.3, -0.25) is 9.98 Å². The number of rotatable bonds is 3. The molecule has 3 heterocycles. The van der Waals surface area contributed by atoms with Gasteiger partial charge < -0.3 is 9.64 Å². The maximum atomic E-state index is 5.37. The molecular weight excluding hydrogens is 342 g/mol. The van der Waals surface area contributed by atoms with E-state index >= 15 is 0 Å². The fraction of sp³-hybridized carbons (Fsp3) is 0.286. The highest BCUT2D eigenvalue weighted by molar-refractivity contribution is 7.80. The maximum Gasteiger partial charge on any atom is 0.179 e. The van der Waals surface area contributed by atoms with Crippen molar-refractivity contribution in [3.05, 3.63) is 65.5 Å². The van der Waals surface area contributed by atoms with Crippen LogP contribution >= 0.6 is 12.2 Å². The number of aromatic nitrogens is 1. The lowest BCUT2D eigenvalue weighted by Crippen LogP contribution is -2.38. The summed E-state index contributed by atoms with van der Waals surface area (Å²) in [7, 11) is 0. The zero-order valence-corrected chi connectivity index (χ0v) is 15.4. The standard InChI is InChI=1S/C21H21N3OS/c26-20-15-24(11-12-25-20)19-7-5-16(6-8-19)13-17-3-2-10-23-21(17)18-4-1-9-22-14-18/h1,4-9,13-14H,2-3,10-12,15H2/b17-13+. The van der Waals surface area contributed by atoms with Crippen molar-refractivity contribution in [3.63, 3.8) is 0 Å². The molecule has 1 fully saturated rings. The molecule has 2 aliphatic rings. The number of anilines is 1. The minimum absolute atomic E-state index is 0.662. The Bertz CT molecular complexity index is 843. The van der Waals surface area contributed by atoms with E-state index in [1.807, 2.05) is 12.3 Å². The van der Waals surface area contributed by atoms with E-state index in [0.717, 1.165) is 37.2 Å². The van der Waals surface area contributed by atoms with E-state index in [9.17, 15) is 0 Å². The molecule has 132 valence electrons. The molecular formula is C21H21N3OS. The number of ether oxygens (including phenoxy) is 1. The highest BCUT2D eigenvalue weighted by Crippen LogP contribution is 2.23. The Balaban J connectivity index is 1.56. The second kappa shape index (κ2) is 7.79. The van der Waals surface area contributed by atoms with Gasteiger partial charge in [0, 0.05) is 30.2 Å². The van der Waals surface area contributed by atoms with E-state index in [2.05, 4.69) is 46.3 Å². The second-order valence-electron chi connectivity index (χ2n) is 6.48. The zero-order valence-electron chi connectivity index (χ0n) is 14.6. The maximum absolute atomic E-state index is 5.37. The van der Waals surface area contributed by atoms with Crippen LogP contribution in [0.3, 0.4) is 0 Å². The summed E-state index contributed by atoms with van der Waals surface area (Å²) in [6.07, 6.45) is 8.08. The molecule has 4 nitrogen and oxygen atoms in total. The number of pyridine rings is 1. The summed E-state index contributed by atoms with van der Waals surface area (Å²) in [5.41, 5.74) is 5.83. The van der Waals surface area contributed by atoms with Crippen molar-refractivity contribution in [2.75, 3.05) is 31.1 Å². The van der Waals surface area contributed by atoms with Gasteiger partial charge in [0.25, 0.3) is 0 Å². The average Bonchev–Trinajstić information content (AvgIpc) is 2.70. The molecule has 1 aromatic carbocycles. The molecule has 0 amide bonds. The molecule has 0 unspecified atom stereocenters. The molecule has 1 saturated heterocycles. The van der Waals surface area contributed by atoms with Gasteiger partial charge in [-0.25, -0.2) is 0 Å². The van der Waals surface area contributed by atoms with E-state index in [1.54, 1.807) is 6.20 Å². The third-order valence-electron chi connectivity index (χ3n) is 4.66. The summed E-state index contributed by atoms with van der Waals surface area (Å²) >= 11 is 5.18. The van der Waals surface area contributed by atoms with Crippen LogP contribution in [-0.2, 0) is 4.74 Å². The van der Waals surface area contributed by atoms with Crippen LogP contribution in [-0.4, -0.2) is 42.0 Å². The Kier molecular flexibility index (Phi) is 5.07. The topological polar surface area (TPSA) is 37.7 Å². The predicted molar refractivity (Wildman–Crippen MR) is 110 cm³/mol. The minimum atomic E-state index is 0.662. The Labute approximate surface area is 159 Å². The van der Waals surface area contributed by atoms with E-state index < -0.39 is 0 Å². The van der Waals surface area contributed by atoms with Crippen molar-refractivity contribution in [1.29, 1.82) is 0 Å². The van der Waals surface area contributed by atoms with Gasteiger partial charge >= 0.3 is 0 Å². The number of allylic oxidation sites excluding steroid dienone is 1. The molecule has 0 atom stereocenters. The molecule has 0 saturated carbocycles. The summed E-state index contributed by atoms with van der Waals surface area (Å²) in [5.74, 6) is 0. The average molecular weight is 363 g/mol. The summed E-state index contributed by atoms with van der Waals surface area (Å²) in [6, 6.07) is 12.7. The highest BCUT2D eigenvalue weighted by Gasteiger charge is 2.16. The first kappa shape index (κ1) is 16.9. The SMILES string of the molecule is S=C1CN(c2ccc(/C=C3\CCCN=C3c3cccnc3)cc2)CCO1. The first-order chi connectivity index (χ1) is 12.8. The summed E-state index contributed by atoms with van der Waals surface area (Å²) in [6.45, 7) is 3.11. The van der Waals surface area contributed by atoms with Crippen LogP contribution in [0.2, 0.25) is 0 Å². The molecule has 4 rings (SSSR count). The van der Waals surface area contributed by atoms with Crippen molar-refractivity contribution in [1.82, 2.24) is 4.98 Å². The lowest BCUT2D eigenvalue weighted by atomic mass is 9.95. The van der Waals surface area contributed by atoms with Crippen LogP contribution in [0.15, 0.2) is 59.4 Å². The third kappa shape index (κ3) is 3.83. The van der Waals surface area contributed by atoms with Crippen molar-refractivity contribution < 1.29 is 4.74 Å². The van der Waals surface area contributed by atoms with Gasteiger partial charge in [-0.1, -0.05) is 12.1 Å². The molecule has 1 aromatic heterocycles. The predicted octanol–water partition coefficient (Wildman–Crippen LogP) is 3.91. The fourth-order valence-corrected chi connectivity index (χ4v) is 3.59. The first-order valence-corrected chi connectivity index (χ1v) is 9.37. The van der Waals surface area contributed by atoms with E-state index in [1.165, 1.54) is 16.8 Å². The number of hydrogen-bond donors (Lipinski definition) is 0. The molecule has 0 spiro atoms. The van der Waals surface area contributed by atoms with Crippen LogP contribution < -0.4 is 4.90 Å². The summed E-state index contributed by atoms with van der Waals surface area (Å²) in [4.78, 5) is 11.2. The number of thiocarbonyl (C=S) groups is 1. The lowest BCUT2D eigenvalue weighted by Gasteiger charge is -2.29. The quantitative estimate of drug-likeness (QED) is 0.775. The first-order valence-electron chi connectivity index (χ1n) is 8.96. The van der Waals surface area contributed by atoms with Crippen LogP contribution in [0.1, 0.15) is 24.0 Å². The molecule has 5 heteroatoms. The van der Waals surface area contributed by atoms with Crippen LogP contribution in [0.25, 0.3) is 6.08 Å². The van der Waals surface area contributed by atoms with Crippen LogP contribution in [0, 0.1) is 0 Å². The van der Waals surface area contributed by atoms with Crippen molar-refractivity contribution in [2.24, 2.45) is 4.99 Å². The van der Waals surface area contributed by atoms with Gasteiger partial charge in [0.05, 0.1) is 18.8 Å². The van der Waals surface area contributed by atoms with Crippen LogP contribution in [0.4, 0.5) is 5.69 Å². The largest absolute Gasteiger partial charge is 0.483 e. The number of benzene rings is 1. The van der Waals surface area contributed by atoms with Gasteiger partial charge in [-0.15, -0.1) is 0 Å². The van der Waals surface area contributed by atoms with Gasteiger partial charge in [0.1, 0.15) is 6.61 Å². The van der Waals surface area contributed by atoms with E-state index in [-0.39, 0.29) is 0 Å². The number of aliphatic imine (C=N–C) groups is 1. The summed E-state index contributed by atoms with van der Waals surface area (Å²) < 4.78 is 5.37. The molecule has 0 radical (unpaired) electrons. The van der Waals surface area contributed by atoms with Crippen molar-refractivity contribution in [3.8, 4) is 0 Å². The smallest absolute Gasteiger partial charge is 0.179 e. The van der Waals surface area contributed by atoms with Gasteiger partial charge in [-0.2, -0.15) is 0 Å². The lowest BCUT2D eigenvalue weighted by molar-refractivity contribution is 0.295. The number of hydrogen-bond acceptors (Lipinski definition) is 5. The fourth-order valence-electron chi connectivity index (χ4n) is 3.35. The van der Waals surface area contributed by atoms with Gasteiger partial charge in [-0.05, 0) is 66.5 Å². The Morgan fingerprint density at radius 1 is 1.15 bits per heavy atom. The summed E-state index contributed by atoms with van der Waals surface area (Å²) in [5, 5.41) is 0.668. The number of morpholine rings is 1. The Morgan fingerprint density at radius 2 is 2.04 bits per heavy atom. The molecule has 0 aliphatic carbocycles. The van der Waals surface area contributed by atoms with Crippen molar-refractivity contribution in [2.45, 2.75) is 12.8 Å². The van der Waals surface area contributed by atoms with E-state index in [0.29, 0.717) is 18.2 Å². The Hall–Kier alpha value is -2.53. The molecule has 2 aromatic rings. The van der Waals surface area contributed by atoms with Gasteiger partial charge in [0.2, 0.25) is 0 Å². The minimum Gasteiger partial charge on any atom is -0.483 e. The number of nitrogens with zero attached hydrogens (tertiary/aromatic N) is 3. The van der Waals surface area contributed by atoms with E-state index in [4.69, 9.17) is 21.9 Å². The Morgan fingerprint density at radius 3 is 2.81 bits per heavy atom. The van der Waals surface area contributed by atoms with Crippen molar-refractivity contribution >= 4 is 34.7 Å². The third-order valence-corrected chi connectivity index (χ3v) is 4.90. The monoisotopic (exact) mass is 363 g/mol. The van der Waals surface area contributed by atoms with Gasteiger partial charge in [0.15, 0.2) is 5.05 Å². The van der Waals surface area contributed by atoms with Crippen LogP contribution in [0.5, 0.6) is 0 Å².